The molecule has 0 aliphatic heterocycles. The topological polar surface area (TPSA) is 59.9 Å². The van der Waals surface area contributed by atoms with E-state index in [0.29, 0.717) is 17.2 Å². The summed E-state index contributed by atoms with van der Waals surface area (Å²) in [4.78, 5) is 14.3. The Morgan fingerprint density at radius 1 is 1.21 bits per heavy atom. The summed E-state index contributed by atoms with van der Waals surface area (Å²) in [6.07, 6.45) is 3.35. The van der Waals surface area contributed by atoms with Crippen molar-refractivity contribution in [1.29, 1.82) is 0 Å². The summed E-state index contributed by atoms with van der Waals surface area (Å²) >= 11 is 1.57. The predicted molar refractivity (Wildman–Crippen MR) is 95.6 cm³/mol. The van der Waals surface area contributed by atoms with E-state index in [1.807, 2.05) is 25.1 Å². The maximum absolute atomic E-state index is 12.3. The van der Waals surface area contributed by atoms with Gasteiger partial charge in [0.15, 0.2) is 0 Å². The predicted octanol–water partition coefficient (Wildman–Crippen LogP) is 3.41. The van der Waals surface area contributed by atoms with Crippen molar-refractivity contribution in [2.45, 2.75) is 26.2 Å². The molecule has 5 nitrogen and oxygen atoms in total. The summed E-state index contributed by atoms with van der Waals surface area (Å²) in [5.41, 5.74) is 5.43. The second-order valence-corrected chi connectivity index (χ2v) is 6.75. The van der Waals surface area contributed by atoms with E-state index in [1.54, 1.807) is 31.6 Å². The number of thiophene rings is 1. The number of hydrogen-bond donors (Lipinski definition) is 1. The molecule has 0 atom stereocenters. The van der Waals surface area contributed by atoms with Crippen molar-refractivity contribution in [2.24, 2.45) is 5.10 Å². The third-order valence-electron chi connectivity index (χ3n) is 4.09. The molecule has 1 aliphatic carbocycles. The molecule has 1 aromatic carbocycles. The molecule has 1 aromatic heterocycles. The monoisotopic (exact) mass is 344 g/mol. The van der Waals surface area contributed by atoms with Gasteiger partial charge >= 0.3 is 0 Å². The number of hydrogen-bond acceptors (Lipinski definition) is 5. The number of carbonyl (C=O) groups excluding carboxylic acids is 1. The van der Waals surface area contributed by atoms with Crippen molar-refractivity contribution < 1.29 is 14.3 Å². The maximum Gasteiger partial charge on any atom is 0.281 e. The van der Waals surface area contributed by atoms with E-state index in [2.05, 4.69) is 10.5 Å². The lowest BCUT2D eigenvalue weighted by atomic mass is 10.1. The molecule has 1 amide bonds. The van der Waals surface area contributed by atoms with E-state index >= 15 is 0 Å². The van der Waals surface area contributed by atoms with Crippen molar-refractivity contribution in [2.75, 3.05) is 14.2 Å². The summed E-state index contributed by atoms with van der Waals surface area (Å²) in [5.74, 6) is 1.20. The van der Waals surface area contributed by atoms with Gasteiger partial charge in [-0.1, -0.05) is 0 Å². The summed E-state index contributed by atoms with van der Waals surface area (Å²) in [6, 6.07) is 7.48. The van der Waals surface area contributed by atoms with Crippen molar-refractivity contribution in [3.05, 3.63) is 45.1 Å². The van der Waals surface area contributed by atoms with Crippen LogP contribution in [0.2, 0.25) is 0 Å². The van der Waals surface area contributed by atoms with Gasteiger partial charge in [0, 0.05) is 16.5 Å². The normalized spacial score (nSPS) is 13.5. The smallest absolute Gasteiger partial charge is 0.281 e. The number of amides is 1. The second kappa shape index (κ2) is 7.05. The lowest BCUT2D eigenvalue weighted by Crippen LogP contribution is -2.18. The molecule has 0 saturated heterocycles. The SMILES string of the molecule is COc1ccc(/C(C)=N\NC(=O)c2cc3c(s2)CCC3)c(OC)c1. The fourth-order valence-electron chi connectivity index (χ4n) is 2.79. The van der Waals surface area contributed by atoms with Crippen molar-refractivity contribution in [3.8, 4) is 11.5 Å². The van der Waals surface area contributed by atoms with Crippen LogP contribution in [-0.2, 0) is 12.8 Å². The molecule has 126 valence electrons. The highest BCUT2D eigenvalue weighted by Gasteiger charge is 2.18. The first-order chi connectivity index (χ1) is 11.6. The van der Waals surface area contributed by atoms with E-state index in [9.17, 15) is 4.79 Å². The van der Waals surface area contributed by atoms with Crippen molar-refractivity contribution in [3.63, 3.8) is 0 Å². The van der Waals surface area contributed by atoms with Crippen LogP contribution in [0.25, 0.3) is 0 Å². The fraction of sp³-hybridized carbons (Fsp3) is 0.333. The van der Waals surface area contributed by atoms with Gasteiger partial charge in [-0.25, -0.2) is 5.43 Å². The highest BCUT2D eigenvalue weighted by molar-refractivity contribution is 7.14. The quantitative estimate of drug-likeness (QED) is 0.668. The summed E-state index contributed by atoms with van der Waals surface area (Å²) in [7, 11) is 3.20. The number of aryl methyl sites for hydroxylation is 2. The zero-order valence-corrected chi connectivity index (χ0v) is 14.8. The molecule has 0 bridgehead atoms. The number of methoxy groups -OCH3 is 2. The minimum Gasteiger partial charge on any atom is -0.497 e. The first-order valence-electron chi connectivity index (χ1n) is 7.81. The molecule has 0 spiro atoms. The highest BCUT2D eigenvalue weighted by atomic mass is 32.1. The van der Waals surface area contributed by atoms with Gasteiger partial charge in [0.1, 0.15) is 11.5 Å². The van der Waals surface area contributed by atoms with Crippen LogP contribution in [0.15, 0.2) is 29.4 Å². The lowest BCUT2D eigenvalue weighted by Gasteiger charge is -2.10. The molecule has 24 heavy (non-hydrogen) atoms. The Kier molecular flexibility index (Phi) is 4.85. The van der Waals surface area contributed by atoms with Gasteiger partial charge in [-0.05, 0) is 49.9 Å². The Labute approximate surface area is 145 Å². The van der Waals surface area contributed by atoms with Crippen LogP contribution in [0.1, 0.15) is 39.0 Å². The molecule has 1 heterocycles. The highest BCUT2D eigenvalue weighted by Crippen LogP contribution is 2.30. The minimum atomic E-state index is -0.166. The number of ether oxygens (including phenoxy) is 2. The van der Waals surface area contributed by atoms with Gasteiger partial charge in [-0.15, -0.1) is 11.3 Å². The Morgan fingerprint density at radius 3 is 2.75 bits per heavy atom. The zero-order chi connectivity index (χ0) is 17.1. The van der Waals surface area contributed by atoms with E-state index < -0.39 is 0 Å². The van der Waals surface area contributed by atoms with Crippen LogP contribution < -0.4 is 14.9 Å². The van der Waals surface area contributed by atoms with Gasteiger partial charge in [0.2, 0.25) is 0 Å². The number of carbonyl (C=O) groups is 1. The number of nitrogens with zero attached hydrogens (tertiary/aromatic N) is 1. The Balaban J connectivity index is 1.74. The number of nitrogens with one attached hydrogen (secondary N) is 1. The largest absolute Gasteiger partial charge is 0.497 e. The van der Waals surface area contributed by atoms with Crippen LogP contribution in [0.4, 0.5) is 0 Å². The molecular weight excluding hydrogens is 324 g/mol. The number of fused-ring (bicyclic) bond motifs is 1. The lowest BCUT2D eigenvalue weighted by molar-refractivity contribution is 0.0959. The van der Waals surface area contributed by atoms with Gasteiger partial charge in [-0.2, -0.15) is 5.10 Å². The van der Waals surface area contributed by atoms with E-state index in [4.69, 9.17) is 9.47 Å². The molecule has 0 radical (unpaired) electrons. The van der Waals surface area contributed by atoms with Crippen LogP contribution in [0.5, 0.6) is 11.5 Å². The van der Waals surface area contributed by atoms with Crippen molar-refractivity contribution in [1.82, 2.24) is 5.43 Å². The Bertz CT molecular complexity index is 774. The average Bonchev–Trinajstić information content (AvgIpc) is 3.20. The van der Waals surface area contributed by atoms with E-state index in [0.717, 1.165) is 23.3 Å². The molecular formula is C18H20N2O3S. The summed E-state index contributed by atoms with van der Waals surface area (Å²) in [5, 5.41) is 4.22. The molecule has 0 unspecified atom stereocenters. The molecule has 0 saturated carbocycles. The second-order valence-electron chi connectivity index (χ2n) is 5.62. The fourth-order valence-corrected chi connectivity index (χ4v) is 3.93. The third-order valence-corrected chi connectivity index (χ3v) is 5.33. The molecule has 1 aliphatic rings. The van der Waals surface area contributed by atoms with Gasteiger partial charge < -0.3 is 9.47 Å². The minimum absolute atomic E-state index is 0.166. The van der Waals surface area contributed by atoms with Crippen LogP contribution >= 0.6 is 11.3 Å². The maximum atomic E-state index is 12.3. The number of rotatable bonds is 5. The van der Waals surface area contributed by atoms with Crippen LogP contribution in [0, 0.1) is 0 Å². The van der Waals surface area contributed by atoms with E-state index in [-0.39, 0.29) is 5.91 Å². The first kappa shape index (κ1) is 16.5. The van der Waals surface area contributed by atoms with Crippen LogP contribution in [0.3, 0.4) is 0 Å². The molecule has 6 heteroatoms. The Morgan fingerprint density at radius 2 is 2.04 bits per heavy atom. The molecule has 3 rings (SSSR count). The standard InChI is InChI=1S/C18H20N2O3S/c1-11(14-8-7-13(22-2)10-15(14)23-3)19-20-18(21)17-9-12-5-4-6-16(12)24-17/h7-10H,4-6H2,1-3H3,(H,20,21)/b19-11-. The molecule has 1 N–H and O–H groups in total. The number of benzene rings is 1. The van der Waals surface area contributed by atoms with Crippen molar-refractivity contribution >= 4 is 23.0 Å². The average molecular weight is 344 g/mol. The van der Waals surface area contributed by atoms with Gasteiger partial charge in [0.25, 0.3) is 5.91 Å². The number of hydrazone groups is 1. The van der Waals surface area contributed by atoms with Gasteiger partial charge in [0.05, 0.1) is 24.8 Å². The Hall–Kier alpha value is -2.34. The van der Waals surface area contributed by atoms with Gasteiger partial charge in [-0.3, -0.25) is 4.79 Å². The summed E-state index contributed by atoms with van der Waals surface area (Å²) in [6.45, 7) is 1.83. The first-order valence-corrected chi connectivity index (χ1v) is 8.62. The van der Waals surface area contributed by atoms with Crippen LogP contribution in [-0.4, -0.2) is 25.8 Å². The molecule has 2 aromatic rings. The molecule has 0 fully saturated rings. The summed E-state index contributed by atoms with van der Waals surface area (Å²) < 4.78 is 10.6. The van der Waals surface area contributed by atoms with E-state index in [1.165, 1.54) is 16.9 Å². The zero-order valence-electron chi connectivity index (χ0n) is 14.0. The third kappa shape index (κ3) is 3.28.